The molecule has 3 rings (SSSR count). The monoisotopic (exact) mass is 270 g/mol. The average molecular weight is 270 g/mol. The Morgan fingerprint density at radius 1 is 1.25 bits per heavy atom. The van der Waals surface area contributed by atoms with Gasteiger partial charge in [0.05, 0.1) is 16.0 Å². The van der Waals surface area contributed by atoms with Gasteiger partial charge in [-0.25, -0.2) is 15.0 Å². The molecule has 0 fully saturated rings. The second-order valence-corrected chi connectivity index (χ2v) is 4.00. The number of nitro groups is 1. The van der Waals surface area contributed by atoms with Gasteiger partial charge in [0.15, 0.2) is 0 Å². The van der Waals surface area contributed by atoms with Crippen molar-refractivity contribution in [1.82, 2.24) is 19.5 Å². The number of benzene rings is 1. The number of anilines is 1. The maximum atomic E-state index is 11.3. The van der Waals surface area contributed by atoms with Crippen molar-refractivity contribution in [2.45, 2.75) is 0 Å². The highest BCUT2D eigenvalue weighted by molar-refractivity contribution is 5.78. The van der Waals surface area contributed by atoms with Crippen LogP contribution in [0, 0.1) is 10.1 Å². The summed E-state index contributed by atoms with van der Waals surface area (Å²) in [5.74, 6) is 0.348. The van der Waals surface area contributed by atoms with Gasteiger partial charge in [-0.15, -0.1) is 0 Å². The lowest BCUT2D eigenvalue weighted by Gasteiger charge is -2.06. The van der Waals surface area contributed by atoms with E-state index in [0.29, 0.717) is 0 Å². The molecule has 0 aliphatic rings. The van der Waals surface area contributed by atoms with Crippen molar-refractivity contribution in [3.8, 4) is 5.82 Å². The summed E-state index contributed by atoms with van der Waals surface area (Å²) in [6.45, 7) is 0. The van der Waals surface area contributed by atoms with E-state index in [1.807, 2.05) is 24.3 Å². The molecule has 0 unspecified atom stereocenters. The Hall–Kier alpha value is -3.03. The average Bonchev–Trinajstić information content (AvgIpc) is 2.90. The maximum Gasteiger partial charge on any atom is 0.354 e. The standard InChI is InChI=1S/C12H10N6O2/c1-13-11-10(18(19)20)12(15-6-14-11)17-7-16-8-4-2-3-5-9(8)17/h2-7H,1H3,(H,13,14,15). The number of aromatic nitrogens is 4. The normalized spacial score (nSPS) is 10.7. The quantitative estimate of drug-likeness (QED) is 0.575. The predicted octanol–water partition coefficient (Wildman–Crippen LogP) is 1.77. The number of imidazole rings is 1. The van der Waals surface area contributed by atoms with Crippen LogP contribution in [0.4, 0.5) is 11.5 Å². The third-order valence-electron chi connectivity index (χ3n) is 2.90. The van der Waals surface area contributed by atoms with E-state index < -0.39 is 4.92 Å². The van der Waals surface area contributed by atoms with Crippen molar-refractivity contribution in [3.63, 3.8) is 0 Å². The zero-order chi connectivity index (χ0) is 14.1. The van der Waals surface area contributed by atoms with Crippen LogP contribution in [0.15, 0.2) is 36.9 Å². The molecule has 100 valence electrons. The zero-order valence-corrected chi connectivity index (χ0v) is 10.5. The topological polar surface area (TPSA) is 98.8 Å². The van der Waals surface area contributed by atoms with Crippen LogP contribution in [0.3, 0.4) is 0 Å². The lowest BCUT2D eigenvalue weighted by atomic mass is 10.3. The van der Waals surface area contributed by atoms with E-state index in [1.165, 1.54) is 12.7 Å². The minimum atomic E-state index is -0.504. The van der Waals surface area contributed by atoms with Crippen molar-refractivity contribution in [2.24, 2.45) is 0 Å². The fourth-order valence-corrected chi connectivity index (χ4v) is 2.02. The summed E-state index contributed by atoms with van der Waals surface area (Å²) >= 11 is 0. The Balaban J connectivity index is 2.32. The van der Waals surface area contributed by atoms with E-state index in [9.17, 15) is 10.1 Å². The van der Waals surface area contributed by atoms with Gasteiger partial charge in [-0.3, -0.25) is 14.7 Å². The van der Waals surface area contributed by atoms with Crippen LogP contribution in [0.5, 0.6) is 0 Å². The largest absolute Gasteiger partial charge is 0.367 e. The van der Waals surface area contributed by atoms with Crippen LogP contribution in [-0.4, -0.2) is 31.5 Å². The molecular weight excluding hydrogens is 260 g/mol. The van der Waals surface area contributed by atoms with E-state index in [2.05, 4.69) is 20.3 Å². The number of nitrogens with one attached hydrogen (secondary N) is 1. The molecule has 0 aliphatic carbocycles. The Kier molecular flexibility index (Phi) is 2.75. The molecule has 8 nitrogen and oxygen atoms in total. The molecule has 1 aromatic carbocycles. The minimum absolute atomic E-state index is 0.165. The minimum Gasteiger partial charge on any atom is -0.367 e. The fourth-order valence-electron chi connectivity index (χ4n) is 2.02. The summed E-state index contributed by atoms with van der Waals surface area (Å²) < 4.78 is 1.58. The first-order chi connectivity index (χ1) is 9.72. The van der Waals surface area contributed by atoms with Crippen LogP contribution in [0.1, 0.15) is 0 Å². The van der Waals surface area contributed by atoms with Gasteiger partial charge < -0.3 is 5.32 Å². The summed E-state index contributed by atoms with van der Waals surface area (Å²) in [6.07, 6.45) is 2.79. The second kappa shape index (κ2) is 4.57. The second-order valence-electron chi connectivity index (χ2n) is 4.00. The Morgan fingerprint density at radius 2 is 2.05 bits per heavy atom. The molecule has 0 saturated carbocycles. The van der Waals surface area contributed by atoms with E-state index in [1.54, 1.807) is 11.6 Å². The summed E-state index contributed by atoms with van der Waals surface area (Å²) in [5.41, 5.74) is 1.31. The van der Waals surface area contributed by atoms with E-state index in [-0.39, 0.29) is 17.3 Å². The van der Waals surface area contributed by atoms with Crippen molar-refractivity contribution in [1.29, 1.82) is 0 Å². The summed E-state index contributed by atoms with van der Waals surface area (Å²) in [6, 6.07) is 7.35. The fraction of sp³-hybridized carbons (Fsp3) is 0.0833. The van der Waals surface area contributed by atoms with Crippen molar-refractivity contribution in [3.05, 3.63) is 47.0 Å². The molecular formula is C12H10N6O2. The van der Waals surface area contributed by atoms with Gasteiger partial charge in [0.25, 0.3) is 0 Å². The van der Waals surface area contributed by atoms with E-state index in [4.69, 9.17) is 0 Å². The summed E-state index contributed by atoms with van der Waals surface area (Å²) in [7, 11) is 1.57. The molecule has 0 amide bonds. The van der Waals surface area contributed by atoms with Gasteiger partial charge in [-0.2, -0.15) is 0 Å². The third-order valence-corrected chi connectivity index (χ3v) is 2.90. The Labute approximate surface area is 113 Å². The van der Waals surface area contributed by atoms with Crippen LogP contribution in [0.25, 0.3) is 16.9 Å². The summed E-state index contributed by atoms with van der Waals surface area (Å²) in [5, 5.41) is 14.0. The highest BCUT2D eigenvalue weighted by Gasteiger charge is 2.24. The SMILES string of the molecule is CNc1ncnc(-n2cnc3ccccc32)c1[N+](=O)[O-]. The molecule has 2 heterocycles. The first kappa shape index (κ1) is 12.0. The number of hydrogen-bond acceptors (Lipinski definition) is 6. The van der Waals surface area contributed by atoms with Gasteiger partial charge in [0, 0.05) is 7.05 Å². The molecule has 0 spiro atoms. The summed E-state index contributed by atoms with van der Waals surface area (Å²) in [4.78, 5) is 22.9. The molecule has 0 atom stereocenters. The first-order valence-electron chi connectivity index (χ1n) is 5.82. The third kappa shape index (κ3) is 1.74. The smallest absolute Gasteiger partial charge is 0.354 e. The zero-order valence-electron chi connectivity index (χ0n) is 10.5. The molecule has 0 bridgehead atoms. The predicted molar refractivity (Wildman–Crippen MR) is 72.9 cm³/mol. The van der Waals surface area contributed by atoms with Crippen LogP contribution in [-0.2, 0) is 0 Å². The van der Waals surface area contributed by atoms with Gasteiger partial charge in [-0.1, -0.05) is 12.1 Å². The Bertz CT molecular complexity index is 797. The number of rotatable bonds is 3. The van der Waals surface area contributed by atoms with Gasteiger partial charge in [-0.05, 0) is 12.1 Å². The maximum absolute atomic E-state index is 11.3. The van der Waals surface area contributed by atoms with Crippen molar-refractivity contribution in [2.75, 3.05) is 12.4 Å². The van der Waals surface area contributed by atoms with Crippen LogP contribution < -0.4 is 5.32 Å². The first-order valence-corrected chi connectivity index (χ1v) is 5.82. The Morgan fingerprint density at radius 3 is 2.80 bits per heavy atom. The molecule has 0 saturated heterocycles. The lowest BCUT2D eigenvalue weighted by Crippen LogP contribution is -2.07. The van der Waals surface area contributed by atoms with Crippen LogP contribution >= 0.6 is 0 Å². The van der Waals surface area contributed by atoms with Crippen molar-refractivity contribution >= 4 is 22.5 Å². The van der Waals surface area contributed by atoms with Crippen molar-refractivity contribution < 1.29 is 4.92 Å². The number of hydrogen-bond donors (Lipinski definition) is 1. The highest BCUT2D eigenvalue weighted by atomic mass is 16.6. The van der Waals surface area contributed by atoms with E-state index in [0.717, 1.165) is 11.0 Å². The molecule has 0 aliphatic heterocycles. The molecule has 1 N–H and O–H groups in total. The number of fused-ring (bicyclic) bond motifs is 1. The molecule has 8 heteroatoms. The van der Waals surface area contributed by atoms with Gasteiger partial charge >= 0.3 is 5.69 Å². The molecule has 0 radical (unpaired) electrons. The molecule has 3 aromatic rings. The number of para-hydroxylation sites is 2. The van der Waals surface area contributed by atoms with E-state index >= 15 is 0 Å². The molecule has 20 heavy (non-hydrogen) atoms. The van der Waals surface area contributed by atoms with Gasteiger partial charge in [0.1, 0.15) is 12.7 Å². The molecule has 2 aromatic heterocycles. The van der Waals surface area contributed by atoms with Gasteiger partial charge in [0.2, 0.25) is 11.6 Å². The highest BCUT2D eigenvalue weighted by Crippen LogP contribution is 2.29. The number of nitrogens with zero attached hydrogens (tertiary/aromatic N) is 5. The van der Waals surface area contributed by atoms with Crippen LogP contribution in [0.2, 0.25) is 0 Å². The lowest BCUT2D eigenvalue weighted by molar-refractivity contribution is -0.384.